The quantitative estimate of drug-likeness (QED) is 0.122. The average molecular weight is 856 g/mol. The molecule has 2 atom stereocenters. The van der Waals surface area contributed by atoms with Crippen LogP contribution in [0.15, 0.2) is 46.9 Å². The van der Waals surface area contributed by atoms with Gasteiger partial charge in [-0.2, -0.15) is 0 Å². The van der Waals surface area contributed by atoms with E-state index in [0.29, 0.717) is 37.8 Å². The minimum absolute atomic E-state index is 0.0646. The molecule has 4 aromatic heterocycles. The van der Waals surface area contributed by atoms with Gasteiger partial charge in [0.15, 0.2) is 0 Å². The fourth-order valence-corrected chi connectivity index (χ4v) is 11.5. The molecule has 2 unspecified atom stereocenters. The van der Waals surface area contributed by atoms with Gasteiger partial charge < -0.3 is 30.1 Å². The number of fused-ring (bicyclic) bond motifs is 8. The predicted octanol–water partition coefficient (Wildman–Crippen LogP) is 7.91. The van der Waals surface area contributed by atoms with Gasteiger partial charge in [0, 0.05) is 41.7 Å². The number of amides is 1. The number of aromatic nitrogens is 4. The molecule has 2 aliphatic heterocycles. The Labute approximate surface area is 360 Å². The van der Waals surface area contributed by atoms with Crippen LogP contribution in [0.3, 0.4) is 0 Å². The summed E-state index contributed by atoms with van der Waals surface area (Å²) in [5, 5.41) is 18.4. The number of thiophene rings is 2. The third-order valence-corrected chi connectivity index (χ3v) is 14.7. The van der Waals surface area contributed by atoms with Gasteiger partial charge in [-0.05, 0) is 115 Å². The van der Waals surface area contributed by atoms with Crippen molar-refractivity contribution in [3.8, 4) is 11.5 Å². The van der Waals surface area contributed by atoms with E-state index in [1.807, 2.05) is 42.6 Å². The summed E-state index contributed by atoms with van der Waals surface area (Å²) in [5.74, 6) is 3.07. The van der Waals surface area contributed by atoms with Crippen molar-refractivity contribution in [2.75, 3.05) is 38.4 Å². The number of aryl methyl sites for hydroxylation is 2. The second kappa shape index (κ2) is 16.1. The monoisotopic (exact) mass is 855 g/mol. The number of hydrogen-bond donors (Lipinski definition) is 3. The van der Waals surface area contributed by atoms with E-state index >= 15 is 0 Å². The summed E-state index contributed by atoms with van der Waals surface area (Å²) in [4.78, 5) is 57.3. The molecule has 1 amide bonds. The van der Waals surface area contributed by atoms with Gasteiger partial charge in [-0.15, -0.1) is 22.7 Å². The summed E-state index contributed by atoms with van der Waals surface area (Å²) in [6.07, 6.45) is 13.9. The molecule has 0 saturated heterocycles. The van der Waals surface area contributed by atoms with Crippen molar-refractivity contribution in [3.63, 3.8) is 0 Å². The summed E-state index contributed by atoms with van der Waals surface area (Å²) in [5.41, 5.74) is 8.64. The third-order valence-electron chi connectivity index (χ3n) is 12.4. The molecule has 11 rings (SSSR count). The van der Waals surface area contributed by atoms with E-state index in [2.05, 4.69) is 46.6 Å². The third kappa shape index (κ3) is 7.56. The maximum atomic E-state index is 13.0. The summed E-state index contributed by atoms with van der Waals surface area (Å²) in [6.45, 7) is 2.27. The van der Waals surface area contributed by atoms with Gasteiger partial charge in [0.1, 0.15) is 45.5 Å². The number of aliphatic carboxylic acids is 1. The van der Waals surface area contributed by atoms with Crippen LogP contribution in [0.5, 0.6) is 11.5 Å². The second-order valence-electron chi connectivity index (χ2n) is 16.4. The number of carboxylic acids is 1. The highest BCUT2D eigenvalue weighted by Gasteiger charge is 2.33. The fraction of sp³-hybridized carbons (Fsp3) is 0.378. The highest BCUT2D eigenvalue weighted by molar-refractivity contribution is 7.19. The molecule has 14 nitrogen and oxygen atoms in total. The van der Waals surface area contributed by atoms with Crippen molar-refractivity contribution in [2.24, 2.45) is 27.7 Å². The molecule has 0 bridgehead atoms. The van der Waals surface area contributed by atoms with Gasteiger partial charge in [-0.25, -0.2) is 19.9 Å². The van der Waals surface area contributed by atoms with Crippen LogP contribution >= 0.6 is 22.7 Å². The number of ether oxygens (including phenoxy) is 2. The molecule has 1 saturated carbocycles. The number of carbonyl (C=O) groups is 2. The highest BCUT2D eigenvalue weighted by Crippen LogP contribution is 2.44. The van der Waals surface area contributed by atoms with E-state index in [9.17, 15) is 14.7 Å². The van der Waals surface area contributed by atoms with Gasteiger partial charge >= 0.3 is 5.97 Å². The smallest absolute Gasteiger partial charge is 0.306 e. The topological polar surface area (TPSA) is 176 Å². The average Bonchev–Trinajstić information content (AvgIpc) is 3.60. The van der Waals surface area contributed by atoms with E-state index in [0.717, 1.165) is 109 Å². The lowest BCUT2D eigenvalue weighted by atomic mass is 9.87. The first-order valence-corrected chi connectivity index (χ1v) is 22.3. The lowest BCUT2D eigenvalue weighted by molar-refractivity contribution is -0.142. The first-order chi connectivity index (χ1) is 29.7. The van der Waals surface area contributed by atoms with Crippen LogP contribution in [-0.4, -0.2) is 82.1 Å². The summed E-state index contributed by atoms with van der Waals surface area (Å²) in [6, 6.07) is 8.14. The van der Waals surface area contributed by atoms with Crippen LogP contribution in [0.2, 0.25) is 0 Å². The normalized spacial score (nSPS) is 18.1. The van der Waals surface area contributed by atoms with Crippen molar-refractivity contribution in [2.45, 2.75) is 64.5 Å². The van der Waals surface area contributed by atoms with Gasteiger partial charge in [-0.1, -0.05) is 0 Å². The van der Waals surface area contributed by atoms with Crippen molar-refractivity contribution < 1.29 is 24.2 Å². The molecule has 1 fully saturated rings. The number of carboxylic acid groups (broad SMARTS) is 1. The molecule has 6 heterocycles. The number of rotatable bonds is 10. The first-order valence-electron chi connectivity index (χ1n) is 20.7. The lowest BCUT2D eigenvalue weighted by Crippen LogP contribution is -2.36. The SMILES string of the molecule is COc1cc2c(cc1Nc1ncnc3sc4c(c13)CCC(C(=O)N(C)CC1CC1)C4)C=NC2.COc1cc2c(cc1Nc1ncnc3sc4c(c13)CCC(C(=O)O)C4)C=NC2. The number of aliphatic imine (C=N–C) groups is 2. The second-order valence-corrected chi connectivity index (χ2v) is 18.6. The van der Waals surface area contributed by atoms with Gasteiger partial charge in [0.25, 0.3) is 0 Å². The molecule has 2 aromatic carbocycles. The molecular formula is C45H45N9O5S2. The molecule has 3 N–H and O–H groups in total. The molecule has 312 valence electrons. The molecule has 3 aliphatic carbocycles. The number of benzene rings is 2. The standard InChI is InChI=1S/C25H27N5O2S.C20H18N4O3S/c1-30(12-14-3-4-14)25(31)15-5-6-18-21(9-15)33-24-22(18)23(27-13-28-24)29-19-7-16-10-26-11-17(16)8-20(19)32-2;1-27-15-5-12-8-21-7-11(12)4-14(15)24-18-17-13-3-2-10(20(25)26)6-16(13)28-19(17)23-9-22-18/h7-8,10,13-15H,3-6,9,11-12H2,1-2H3,(H,27,28,29);4-5,7,9-10H,2-3,6,8H2,1H3,(H,25,26)(H,22,23,24). The minimum atomic E-state index is -0.725. The Hall–Kier alpha value is -6.00. The largest absolute Gasteiger partial charge is 0.495 e. The summed E-state index contributed by atoms with van der Waals surface area (Å²) in [7, 11) is 5.29. The zero-order valence-corrected chi connectivity index (χ0v) is 35.8. The Morgan fingerprint density at radius 3 is 1.74 bits per heavy atom. The Morgan fingerprint density at radius 2 is 1.25 bits per heavy atom. The van der Waals surface area contributed by atoms with Crippen molar-refractivity contribution >= 4 is 90.4 Å². The maximum Gasteiger partial charge on any atom is 0.306 e. The molecule has 61 heavy (non-hydrogen) atoms. The number of anilines is 4. The van der Waals surface area contributed by atoms with E-state index in [-0.39, 0.29) is 11.8 Å². The summed E-state index contributed by atoms with van der Waals surface area (Å²) < 4.78 is 11.2. The minimum Gasteiger partial charge on any atom is -0.495 e. The molecule has 0 radical (unpaired) electrons. The Morgan fingerprint density at radius 1 is 0.738 bits per heavy atom. The number of nitrogens with zero attached hydrogens (tertiary/aromatic N) is 7. The first kappa shape index (κ1) is 39.2. The predicted molar refractivity (Wildman–Crippen MR) is 239 cm³/mol. The zero-order valence-electron chi connectivity index (χ0n) is 34.2. The van der Waals surface area contributed by atoms with Gasteiger partial charge in [-0.3, -0.25) is 19.6 Å². The van der Waals surface area contributed by atoms with Crippen molar-refractivity contribution in [3.05, 3.63) is 80.1 Å². The van der Waals surface area contributed by atoms with Crippen molar-refractivity contribution in [1.29, 1.82) is 0 Å². The van der Waals surface area contributed by atoms with Crippen LogP contribution in [-0.2, 0) is 48.4 Å². The lowest BCUT2D eigenvalue weighted by Gasteiger charge is -2.26. The van der Waals surface area contributed by atoms with Gasteiger partial charge in [0.2, 0.25) is 5.91 Å². The molecule has 5 aliphatic rings. The van der Waals surface area contributed by atoms with E-state index in [1.165, 1.54) is 34.4 Å². The van der Waals surface area contributed by atoms with Crippen LogP contribution in [0.25, 0.3) is 20.4 Å². The molecular weight excluding hydrogens is 811 g/mol. The number of nitrogens with one attached hydrogen (secondary N) is 2. The Kier molecular flexibility index (Phi) is 10.3. The van der Waals surface area contributed by atoms with Gasteiger partial charge in [0.05, 0.1) is 55.4 Å². The molecule has 16 heteroatoms. The fourth-order valence-electron chi connectivity index (χ4n) is 8.99. The summed E-state index contributed by atoms with van der Waals surface area (Å²) >= 11 is 3.27. The Bertz CT molecular complexity index is 2790. The van der Waals surface area contributed by atoms with E-state index < -0.39 is 5.97 Å². The molecule has 6 aromatic rings. The zero-order chi connectivity index (χ0) is 41.8. The van der Waals surface area contributed by atoms with Crippen LogP contribution in [0, 0.1) is 17.8 Å². The number of hydrogen-bond acceptors (Lipinski definition) is 14. The number of carbonyl (C=O) groups excluding carboxylic acids is 1. The number of methoxy groups -OCH3 is 2. The maximum absolute atomic E-state index is 13.0. The molecule has 0 spiro atoms. The van der Waals surface area contributed by atoms with Crippen LogP contribution < -0.4 is 20.1 Å². The van der Waals surface area contributed by atoms with Crippen molar-refractivity contribution in [1.82, 2.24) is 24.8 Å². The van der Waals surface area contributed by atoms with Crippen LogP contribution in [0.1, 0.15) is 68.8 Å². The Balaban J connectivity index is 0.000000148. The van der Waals surface area contributed by atoms with Crippen LogP contribution in [0.4, 0.5) is 23.0 Å². The van der Waals surface area contributed by atoms with E-state index in [4.69, 9.17) is 9.47 Å². The highest BCUT2D eigenvalue weighted by atomic mass is 32.1. The van der Waals surface area contributed by atoms with E-state index in [1.54, 1.807) is 49.5 Å².